The van der Waals surface area contributed by atoms with Crippen LogP contribution in [0.2, 0.25) is 0 Å². The number of carbonyl (C=O) groups is 1. The summed E-state index contributed by atoms with van der Waals surface area (Å²) in [5.74, 6) is 0.831. The number of fused-ring (bicyclic) bond motifs is 1. The lowest BCUT2D eigenvalue weighted by Crippen LogP contribution is -2.50. The maximum Gasteiger partial charge on any atom is 0.234 e. The molecule has 1 aromatic carbocycles. The average molecular weight is 345 g/mol. The average Bonchev–Trinajstić information content (AvgIpc) is 3.05. The zero-order valence-corrected chi connectivity index (χ0v) is 15.0. The van der Waals surface area contributed by atoms with Gasteiger partial charge in [-0.3, -0.25) is 14.6 Å². The van der Waals surface area contributed by atoms with Crippen LogP contribution in [0.15, 0.2) is 34.7 Å². The van der Waals surface area contributed by atoms with Crippen LogP contribution in [-0.2, 0) is 9.53 Å². The Labute approximate surface area is 148 Å². The Kier molecular flexibility index (Phi) is 6.07. The number of amides is 1. The molecule has 2 heterocycles. The lowest BCUT2D eigenvalue weighted by molar-refractivity contribution is -0.123. The summed E-state index contributed by atoms with van der Waals surface area (Å²) in [5, 5.41) is 4.10. The first-order valence-electron chi connectivity index (χ1n) is 8.87. The number of hydrogen-bond donors (Lipinski definition) is 1. The smallest absolute Gasteiger partial charge is 0.234 e. The molecule has 1 aliphatic heterocycles. The summed E-state index contributed by atoms with van der Waals surface area (Å²) in [4.78, 5) is 16.9. The highest BCUT2D eigenvalue weighted by Crippen LogP contribution is 2.23. The van der Waals surface area contributed by atoms with Crippen LogP contribution in [-0.4, -0.2) is 68.7 Å². The number of furan rings is 1. The van der Waals surface area contributed by atoms with E-state index in [-0.39, 0.29) is 11.9 Å². The van der Waals surface area contributed by atoms with E-state index in [1.165, 1.54) is 0 Å². The zero-order valence-electron chi connectivity index (χ0n) is 15.0. The first-order valence-corrected chi connectivity index (χ1v) is 8.87. The monoisotopic (exact) mass is 345 g/mol. The van der Waals surface area contributed by atoms with Gasteiger partial charge in [-0.25, -0.2) is 0 Å². The maximum atomic E-state index is 12.3. The summed E-state index contributed by atoms with van der Waals surface area (Å²) in [5.41, 5.74) is 0.853. The number of nitrogens with zero attached hydrogens (tertiary/aromatic N) is 2. The molecule has 1 saturated heterocycles. The van der Waals surface area contributed by atoms with Crippen LogP contribution in [0.25, 0.3) is 11.0 Å². The summed E-state index contributed by atoms with van der Waals surface area (Å²) in [6, 6.07) is 9.75. The number of ether oxygens (including phenoxy) is 1. The molecule has 2 aromatic rings. The van der Waals surface area contributed by atoms with Crippen LogP contribution in [0.3, 0.4) is 0 Å². The third kappa shape index (κ3) is 4.81. The molecular weight excluding hydrogens is 318 g/mol. The summed E-state index contributed by atoms with van der Waals surface area (Å²) in [6.45, 7) is 7.90. The van der Waals surface area contributed by atoms with Gasteiger partial charge in [0.2, 0.25) is 5.91 Å². The van der Waals surface area contributed by atoms with Crippen molar-refractivity contribution in [2.24, 2.45) is 0 Å². The first kappa shape index (κ1) is 17.9. The Morgan fingerprint density at radius 2 is 1.96 bits per heavy atom. The second kappa shape index (κ2) is 8.47. The number of para-hydroxylation sites is 1. The van der Waals surface area contributed by atoms with Gasteiger partial charge in [-0.05, 0) is 19.1 Å². The molecule has 0 spiro atoms. The van der Waals surface area contributed by atoms with Gasteiger partial charge in [0.05, 0.1) is 19.2 Å². The lowest BCUT2D eigenvalue weighted by atomic mass is 10.2. The predicted octanol–water partition coefficient (Wildman–Crippen LogP) is 1.87. The molecule has 1 aromatic heterocycles. The number of hydrogen-bond acceptors (Lipinski definition) is 5. The molecule has 6 heteroatoms. The molecule has 1 atom stereocenters. The summed E-state index contributed by atoms with van der Waals surface area (Å²) < 4.78 is 10.9. The van der Waals surface area contributed by atoms with E-state index in [0.29, 0.717) is 6.54 Å². The topological polar surface area (TPSA) is 58.0 Å². The molecule has 25 heavy (non-hydrogen) atoms. The van der Waals surface area contributed by atoms with Gasteiger partial charge >= 0.3 is 0 Å². The van der Waals surface area contributed by atoms with Crippen LogP contribution in [0.5, 0.6) is 0 Å². The van der Waals surface area contributed by atoms with Gasteiger partial charge in [-0.15, -0.1) is 0 Å². The number of rotatable bonds is 7. The van der Waals surface area contributed by atoms with E-state index in [1.54, 1.807) is 7.11 Å². The van der Waals surface area contributed by atoms with Gasteiger partial charge in [0.15, 0.2) is 0 Å². The molecule has 0 radical (unpaired) electrons. The summed E-state index contributed by atoms with van der Waals surface area (Å²) in [6.07, 6.45) is 0. The number of carbonyl (C=O) groups excluding carboxylic acids is 1. The number of nitrogens with one attached hydrogen (secondary N) is 1. The molecule has 0 saturated carbocycles. The minimum atomic E-state index is -0.136. The Balaban J connectivity index is 1.46. The molecule has 3 rings (SSSR count). The minimum absolute atomic E-state index is 0.0401. The fraction of sp³-hybridized carbons (Fsp3) is 0.526. The molecule has 0 aliphatic carbocycles. The van der Waals surface area contributed by atoms with Gasteiger partial charge in [-0.2, -0.15) is 0 Å². The quantitative estimate of drug-likeness (QED) is 0.830. The third-order valence-electron chi connectivity index (χ3n) is 4.69. The van der Waals surface area contributed by atoms with Crippen LogP contribution in [0, 0.1) is 0 Å². The highest BCUT2D eigenvalue weighted by atomic mass is 16.5. The second-order valence-electron chi connectivity index (χ2n) is 6.59. The first-order chi connectivity index (χ1) is 12.2. The summed E-state index contributed by atoms with van der Waals surface area (Å²) in [7, 11) is 1.73. The van der Waals surface area contributed by atoms with Gasteiger partial charge in [0.25, 0.3) is 0 Å². The van der Waals surface area contributed by atoms with E-state index >= 15 is 0 Å². The highest BCUT2D eigenvalue weighted by Gasteiger charge is 2.20. The Morgan fingerprint density at radius 3 is 2.68 bits per heavy atom. The molecule has 1 aliphatic rings. The normalized spacial score (nSPS) is 17.7. The molecule has 1 amide bonds. The molecule has 1 fully saturated rings. The van der Waals surface area contributed by atoms with Crippen molar-refractivity contribution in [3.05, 3.63) is 36.1 Å². The van der Waals surface area contributed by atoms with E-state index in [4.69, 9.17) is 9.15 Å². The lowest BCUT2D eigenvalue weighted by Gasteiger charge is -2.34. The van der Waals surface area contributed by atoms with Crippen LogP contribution >= 0.6 is 0 Å². The van der Waals surface area contributed by atoms with Crippen molar-refractivity contribution >= 4 is 16.9 Å². The van der Waals surface area contributed by atoms with E-state index in [9.17, 15) is 4.79 Å². The molecule has 136 valence electrons. The van der Waals surface area contributed by atoms with Gasteiger partial charge in [0.1, 0.15) is 11.3 Å². The van der Waals surface area contributed by atoms with Crippen molar-refractivity contribution < 1.29 is 13.9 Å². The SMILES string of the molecule is COCCN1CCN(CC(=O)NC(C)c2cc3ccccc3o2)CC1. The Hall–Kier alpha value is -1.89. The Bertz CT molecular complexity index is 659. The van der Waals surface area contributed by atoms with Gasteiger partial charge < -0.3 is 14.5 Å². The van der Waals surface area contributed by atoms with Gasteiger partial charge in [-0.1, -0.05) is 18.2 Å². The fourth-order valence-electron chi connectivity index (χ4n) is 3.17. The second-order valence-corrected chi connectivity index (χ2v) is 6.59. The summed E-state index contributed by atoms with van der Waals surface area (Å²) >= 11 is 0. The molecule has 1 unspecified atom stereocenters. The number of methoxy groups -OCH3 is 1. The third-order valence-corrected chi connectivity index (χ3v) is 4.69. The van der Waals surface area contributed by atoms with Crippen LogP contribution in [0.4, 0.5) is 0 Å². The van der Waals surface area contributed by atoms with E-state index in [0.717, 1.165) is 56.1 Å². The van der Waals surface area contributed by atoms with Crippen molar-refractivity contribution in [3.63, 3.8) is 0 Å². The number of piperazine rings is 1. The molecular formula is C19H27N3O3. The van der Waals surface area contributed by atoms with Gasteiger partial charge in [0, 0.05) is 45.2 Å². The van der Waals surface area contributed by atoms with Crippen molar-refractivity contribution in [2.75, 3.05) is 53.0 Å². The number of benzene rings is 1. The molecule has 6 nitrogen and oxygen atoms in total. The minimum Gasteiger partial charge on any atom is -0.459 e. The highest BCUT2D eigenvalue weighted by molar-refractivity contribution is 5.80. The van der Waals surface area contributed by atoms with Crippen molar-refractivity contribution in [3.8, 4) is 0 Å². The van der Waals surface area contributed by atoms with E-state index in [1.807, 2.05) is 37.3 Å². The van der Waals surface area contributed by atoms with Crippen molar-refractivity contribution in [1.82, 2.24) is 15.1 Å². The predicted molar refractivity (Wildman–Crippen MR) is 97.5 cm³/mol. The molecule has 1 N–H and O–H groups in total. The van der Waals surface area contributed by atoms with E-state index in [2.05, 4.69) is 15.1 Å². The maximum absolute atomic E-state index is 12.3. The van der Waals surface area contributed by atoms with Crippen molar-refractivity contribution in [1.29, 1.82) is 0 Å². The largest absolute Gasteiger partial charge is 0.459 e. The fourth-order valence-corrected chi connectivity index (χ4v) is 3.17. The van der Waals surface area contributed by atoms with E-state index < -0.39 is 0 Å². The van der Waals surface area contributed by atoms with Crippen LogP contribution < -0.4 is 5.32 Å². The Morgan fingerprint density at radius 1 is 1.24 bits per heavy atom. The molecule has 0 bridgehead atoms. The standard InChI is InChI=1S/C19H27N3O3/c1-15(18-13-16-5-3-4-6-17(16)25-18)20-19(23)14-22-9-7-21(8-10-22)11-12-24-2/h3-6,13,15H,7-12,14H2,1-2H3,(H,20,23). The van der Waals surface area contributed by atoms with Crippen LogP contribution in [0.1, 0.15) is 18.7 Å². The zero-order chi connectivity index (χ0) is 17.6. The van der Waals surface area contributed by atoms with Crippen molar-refractivity contribution in [2.45, 2.75) is 13.0 Å².